The van der Waals surface area contributed by atoms with E-state index in [1.54, 1.807) is 17.0 Å². The lowest BCUT2D eigenvalue weighted by molar-refractivity contribution is 0.0698. The number of nitrogens with zero attached hydrogens (tertiary/aromatic N) is 3. The number of amides is 1. The highest BCUT2D eigenvalue weighted by atomic mass is 32.2. The summed E-state index contributed by atoms with van der Waals surface area (Å²) in [6, 6.07) is 19.3. The van der Waals surface area contributed by atoms with Gasteiger partial charge in [0.25, 0.3) is 5.91 Å². The molecule has 0 N–H and O–H groups in total. The minimum absolute atomic E-state index is 0.0589. The van der Waals surface area contributed by atoms with Crippen molar-refractivity contribution in [1.29, 1.82) is 0 Å². The first-order valence-electron chi connectivity index (χ1n) is 13.0. The Kier molecular flexibility index (Phi) is 7.04. The summed E-state index contributed by atoms with van der Waals surface area (Å²) >= 11 is 0. The van der Waals surface area contributed by atoms with E-state index in [9.17, 15) is 13.2 Å². The van der Waals surface area contributed by atoms with Crippen LogP contribution in [-0.4, -0.2) is 54.3 Å². The molecule has 2 aromatic carbocycles. The average Bonchev–Trinajstić information content (AvgIpc) is 3.26. The third-order valence-corrected chi connectivity index (χ3v) is 9.68. The van der Waals surface area contributed by atoms with Crippen LogP contribution in [0.1, 0.15) is 65.3 Å². The predicted octanol–water partition coefficient (Wildman–Crippen LogP) is 5.29. The number of benzene rings is 2. The van der Waals surface area contributed by atoms with E-state index in [-0.39, 0.29) is 5.91 Å². The molecule has 1 saturated heterocycles. The fourth-order valence-electron chi connectivity index (χ4n) is 5.64. The normalized spacial score (nSPS) is 17.9. The number of hydrogen-bond acceptors (Lipinski definition) is 3. The molecule has 0 spiro atoms. The Bertz CT molecular complexity index is 1290. The van der Waals surface area contributed by atoms with Crippen LogP contribution in [0.5, 0.6) is 0 Å². The second-order valence-corrected chi connectivity index (χ2v) is 12.0. The van der Waals surface area contributed by atoms with Crippen molar-refractivity contribution in [3.63, 3.8) is 0 Å². The molecule has 1 aromatic heterocycles. The lowest BCUT2D eigenvalue weighted by atomic mass is 9.84. The Morgan fingerprint density at radius 1 is 0.750 bits per heavy atom. The molecule has 2 heterocycles. The molecular formula is C29H35N3O3S. The highest BCUT2D eigenvalue weighted by Gasteiger charge is 2.30. The molecule has 0 atom stereocenters. The third kappa shape index (κ3) is 4.87. The van der Waals surface area contributed by atoms with Crippen LogP contribution in [0.15, 0.2) is 65.6 Å². The molecule has 2 aliphatic rings. The summed E-state index contributed by atoms with van der Waals surface area (Å²) < 4.78 is 30.2. The number of aryl methyl sites for hydroxylation is 2. The van der Waals surface area contributed by atoms with Gasteiger partial charge in [0.05, 0.1) is 4.90 Å². The van der Waals surface area contributed by atoms with Gasteiger partial charge in [-0.05, 0) is 86.7 Å². The standard InChI is InChI=1S/C29H35N3O3S/c1-22-8-9-23(2)32(22)27-14-10-26(11-15-27)29(33)30-18-20-31(21-19-30)36(34,35)28-16-12-25(13-17-28)24-6-4-3-5-7-24/h8-17,24H,3-7,18-21H2,1-2H3. The van der Waals surface area contributed by atoms with E-state index in [0.29, 0.717) is 42.6 Å². The number of sulfonamides is 1. The molecule has 0 radical (unpaired) electrons. The monoisotopic (exact) mass is 505 g/mol. The highest BCUT2D eigenvalue weighted by Crippen LogP contribution is 2.33. The maximum absolute atomic E-state index is 13.2. The SMILES string of the molecule is Cc1ccc(C)n1-c1ccc(C(=O)N2CCN(S(=O)(=O)c3ccc(C4CCCCC4)cc3)CC2)cc1. The molecule has 6 nitrogen and oxygen atoms in total. The summed E-state index contributed by atoms with van der Waals surface area (Å²) in [7, 11) is -3.57. The van der Waals surface area contributed by atoms with Gasteiger partial charge in [0.1, 0.15) is 0 Å². The molecule has 1 aliphatic carbocycles. The molecule has 3 aromatic rings. The fourth-order valence-corrected chi connectivity index (χ4v) is 7.06. The van der Waals surface area contributed by atoms with Crippen LogP contribution >= 0.6 is 0 Å². The lowest BCUT2D eigenvalue weighted by Gasteiger charge is -2.34. The Labute approximate surface area is 214 Å². The van der Waals surface area contributed by atoms with Crippen LogP contribution in [0.2, 0.25) is 0 Å². The largest absolute Gasteiger partial charge is 0.336 e. The minimum atomic E-state index is -3.57. The summed E-state index contributed by atoms with van der Waals surface area (Å²) in [5.41, 5.74) is 5.19. The highest BCUT2D eigenvalue weighted by molar-refractivity contribution is 7.89. The Morgan fingerprint density at radius 3 is 1.92 bits per heavy atom. The van der Waals surface area contributed by atoms with Gasteiger partial charge in [0, 0.05) is 48.8 Å². The van der Waals surface area contributed by atoms with Crippen LogP contribution in [0, 0.1) is 13.8 Å². The smallest absolute Gasteiger partial charge is 0.253 e. The zero-order chi connectivity index (χ0) is 25.3. The van der Waals surface area contributed by atoms with E-state index in [4.69, 9.17) is 0 Å². The third-order valence-electron chi connectivity index (χ3n) is 7.76. The van der Waals surface area contributed by atoms with Gasteiger partial charge in [-0.1, -0.05) is 31.4 Å². The molecule has 2 fully saturated rings. The maximum Gasteiger partial charge on any atom is 0.253 e. The van der Waals surface area contributed by atoms with E-state index in [1.807, 2.05) is 36.4 Å². The summed E-state index contributed by atoms with van der Waals surface area (Å²) in [5.74, 6) is 0.492. The number of rotatable bonds is 5. The van der Waals surface area contributed by atoms with Crippen LogP contribution in [-0.2, 0) is 10.0 Å². The van der Waals surface area contributed by atoms with Gasteiger partial charge in [0.2, 0.25) is 10.0 Å². The summed E-state index contributed by atoms with van der Waals surface area (Å²) in [6.45, 7) is 5.50. The van der Waals surface area contributed by atoms with Gasteiger partial charge in [-0.3, -0.25) is 4.79 Å². The van der Waals surface area contributed by atoms with Gasteiger partial charge >= 0.3 is 0 Å². The molecule has 1 saturated carbocycles. The van der Waals surface area contributed by atoms with E-state index < -0.39 is 10.0 Å². The average molecular weight is 506 g/mol. The molecule has 0 unspecified atom stereocenters. The second kappa shape index (κ2) is 10.2. The van der Waals surface area contributed by atoms with Crippen LogP contribution in [0.4, 0.5) is 0 Å². The number of carbonyl (C=O) groups excluding carboxylic acids is 1. The van der Waals surface area contributed by atoms with Crippen LogP contribution < -0.4 is 0 Å². The van der Waals surface area contributed by atoms with Crippen molar-refractivity contribution >= 4 is 15.9 Å². The predicted molar refractivity (Wildman–Crippen MR) is 142 cm³/mol. The van der Waals surface area contributed by atoms with E-state index in [1.165, 1.54) is 42.0 Å². The minimum Gasteiger partial charge on any atom is -0.336 e. The van der Waals surface area contributed by atoms with Gasteiger partial charge in [-0.15, -0.1) is 0 Å². The van der Waals surface area contributed by atoms with Crippen LogP contribution in [0.3, 0.4) is 0 Å². The lowest BCUT2D eigenvalue weighted by Crippen LogP contribution is -2.50. The van der Waals surface area contributed by atoms with Crippen molar-refractivity contribution in [2.24, 2.45) is 0 Å². The van der Waals surface area contributed by atoms with Crippen molar-refractivity contribution in [2.75, 3.05) is 26.2 Å². The van der Waals surface area contributed by atoms with E-state index in [0.717, 1.165) is 17.1 Å². The number of carbonyl (C=O) groups is 1. The molecule has 7 heteroatoms. The van der Waals surface area contributed by atoms with E-state index in [2.05, 4.69) is 30.5 Å². The topological polar surface area (TPSA) is 62.6 Å². The Hall–Kier alpha value is -2.90. The number of aromatic nitrogens is 1. The summed E-state index contributed by atoms with van der Waals surface area (Å²) in [4.78, 5) is 15.2. The van der Waals surface area contributed by atoms with Crippen molar-refractivity contribution in [1.82, 2.24) is 13.8 Å². The van der Waals surface area contributed by atoms with E-state index >= 15 is 0 Å². The summed E-state index contributed by atoms with van der Waals surface area (Å²) in [6.07, 6.45) is 6.19. The Morgan fingerprint density at radius 2 is 1.33 bits per heavy atom. The van der Waals surface area contributed by atoms with Gasteiger partial charge < -0.3 is 9.47 Å². The molecule has 1 amide bonds. The van der Waals surface area contributed by atoms with Gasteiger partial charge in [-0.25, -0.2) is 8.42 Å². The summed E-state index contributed by atoms with van der Waals surface area (Å²) in [5, 5.41) is 0. The van der Waals surface area contributed by atoms with Crippen molar-refractivity contribution in [2.45, 2.75) is 56.8 Å². The maximum atomic E-state index is 13.2. The molecule has 1 aliphatic heterocycles. The van der Waals surface area contributed by atoms with Crippen molar-refractivity contribution < 1.29 is 13.2 Å². The fraction of sp³-hybridized carbons (Fsp3) is 0.414. The first-order valence-corrected chi connectivity index (χ1v) is 14.4. The molecule has 36 heavy (non-hydrogen) atoms. The molecule has 5 rings (SSSR count). The number of hydrogen-bond donors (Lipinski definition) is 0. The molecule has 0 bridgehead atoms. The quantitative estimate of drug-likeness (QED) is 0.473. The van der Waals surface area contributed by atoms with Crippen molar-refractivity contribution in [3.8, 4) is 5.69 Å². The molecule has 190 valence electrons. The van der Waals surface area contributed by atoms with Crippen molar-refractivity contribution in [3.05, 3.63) is 83.2 Å². The van der Waals surface area contributed by atoms with Crippen LogP contribution in [0.25, 0.3) is 5.69 Å². The molecular weight excluding hydrogens is 470 g/mol. The first kappa shape index (κ1) is 24.8. The number of piperazine rings is 1. The van der Waals surface area contributed by atoms with Gasteiger partial charge in [-0.2, -0.15) is 4.31 Å². The van der Waals surface area contributed by atoms with Gasteiger partial charge in [0.15, 0.2) is 0 Å². The Balaban J connectivity index is 1.21. The second-order valence-electron chi connectivity index (χ2n) is 10.1. The zero-order valence-corrected chi connectivity index (χ0v) is 22.0. The first-order chi connectivity index (χ1) is 17.3. The zero-order valence-electron chi connectivity index (χ0n) is 21.2.